The number of nitrogens with zero attached hydrogens (tertiary/aromatic N) is 1. The molecule has 15 heavy (non-hydrogen) atoms. The van der Waals surface area contributed by atoms with E-state index in [9.17, 15) is 5.11 Å². The zero-order chi connectivity index (χ0) is 10.9. The normalized spacial score (nSPS) is 36.2. The van der Waals surface area contributed by atoms with E-state index in [1.807, 2.05) is 0 Å². The molecule has 0 amide bonds. The molecule has 0 aromatic carbocycles. The van der Waals surface area contributed by atoms with Crippen LogP contribution in [0.3, 0.4) is 0 Å². The van der Waals surface area contributed by atoms with E-state index in [1.54, 1.807) is 0 Å². The number of hydrogen-bond donors (Lipinski definition) is 1. The summed E-state index contributed by atoms with van der Waals surface area (Å²) in [5.41, 5.74) is -0.00319. The second-order valence-electron chi connectivity index (χ2n) is 5.10. The van der Waals surface area contributed by atoms with Gasteiger partial charge in [0.2, 0.25) is 0 Å². The number of aliphatic hydroxyl groups is 1. The summed E-state index contributed by atoms with van der Waals surface area (Å²) in [5, 5.41) is 9.36. The summed E-state index contributed by atoms with van der Waals surface area (Å²) >= 11 is 0. The molecular weight excluding hydrogens is 194 g/mol. The van der Waals surface area contributed by atoms with Crippen molar-refractivity contribution in [1.82, 2.24) is 4.90 Å². The Bertz CT molecular complexity index is 202. The molecule has 2 saturated heterocycles. The lowest BCUT2D eigenvalue weighted by Gasteiger charge is -2.45. The highest BCUT2D eigenvalue weighted by Crippen LogP contribution is 2.29. The third kappa shape index (κ3) is 2.50. The molecule has 2 unspecified atom stereocenters. The van der Waals surface area contributed by atoms with Crippen LogP contribution in [0.5, 0.6) is 0 Å². The summed E-state index contributed by atoms with van der Waals surface area (Å²) in [7, 11) is 0. The lowest BCUT2D eigenvalue weighted by atomic mass is 9.86. The van der Waals surface area contributed by atoms with Crippen LogP contribution in [0.1, 0.15) is 13.8 Å². The Hall–Kier alpha value is -0.160. The standard InChI is InChI=1S/C11H21NO3/c1-9-3-12(4-10(2)15-9)5-11(6-13)7-14-8-11/h9-10,13H,3-8H2,1-2H3. The van der Waals surface area contributed by atoms with Crippen LogP contribution in [0, 0.1) is 5.41 Å². The molecule has 2 fully saturated rings. The van der Waals surface area contributed by atoms with E-state index >= 15 is 0 Å². The fourth-order valence-electron chi connectivity index (χ4n) is 2.51. The lowest BCUT2D eigenvalue weighted by molar-refractivity contribution is -0.163. The van der Waals surface area contributed by atoms with Crippen molar-refractivity contribution in [2.24, 2.45) is 5.41 Å². The molecule has 4 heteroatoms. The van der Waals surface area contributed by atoms with Crippen LogP contribution in [-0.4, -0.2) is 61.7 Å². The van der Waals surface area contributed by atoms with E-state index in [0.717, 1.165) is 19.6 Å². The SMILES string of the molecule is CC1CN(CC2(CO)COC2)CC(C)O1. The van der Waals surface area contributed by atoms with Crippen molar-refractivity contribution in [2.45, 2.75) is 26.1 Å². The zero-order valence-corrected chi connectivity index (χ0v) is 9.61. The third-order valence-corrected chi connectivity index (χ3v) is 3.21. The van der Waals surface area contributed by atoms with Gasteiger partial charge in [-0.25, -0.2) is 0 Å². The smallest absolute Gasteiger partial charge is 0.0678 e. The largest absolute Gasteiger partial charge is 0.396 e. The molecule has 88 valence electrons. The van der Waals surface area contributed by atoms with E-state index in [2.05, 4.69) is 18.7 Å². The topological polar surface area (TPSA) is 41.9 Å². The van der Waals surface area contributed by atoms with Crippen molar-refractivity contribution in [1.29, 1.82) is 0 Å². The Morgan fingerprint density at radius 1 is 1.27 bits per heavy atom. The second-order valence-corrected chi connectivity index (χ2v) is 5.10. The van der Waals surface area contributed by atoms with Crippen molar-refractivity contribution in [3.63, 3.8) is 0 Å². The van der Waals surface area contributed by atoms with Crippen LogP contribution in [-0.2, 0) is 9.47 Å². The van der Waals surface area contributed by atoms with E-state index in [1.165, 1.54) is 0 Å². The molecule has 0 aliphatic carbocycles. The van der Waals surface area contributed by atoms with Crippen LogP contribution >= 0.6 is 0 Å². The Kier molecular flexibility index (Phi) is 3.30. The summed E-state index contributed by atoms with van der Waals surface area (Å²) in [6.07, 6.45) is 0.593. The molecule has 2 aliphatic heterocycles. The average molecular weight is 215 g/mol. The number of ether oxygens (including phenoxy) is 2. The number of morpholine rings is 1. The molecule has 2 aliphatic rings. The van der Waals surface area contributed by atoms with Gasteiger partial charge in [-0.1, -0.05) is 0 Å². The second kappa shape index (κ2) is 4.37. The maximum absolute atomic E-state index is 9.36. The van der Waals surface area contributed by atoms with E-state index < -0.39 is 0 Å². The van der Waals surface area contributed by atoms with Gasteiger partial charge in [0.15, 0.2) is 0 Å². The molecule has 4 nitrogen and oxygen atoms in total. The monoisotopic (exact) mass is 215 g/mol. The van der Waals surface area contributed by atoms with Gasteiger partial charge in [0.1, 0.15) is 0 Å². The Morgan fingerprint density at radius 3 is 2.27 bits per heavy atom. The first kappa shape index (κ1) is 11.3. The maximum atomic E-state index is 9.36. The van der Waals surface area contributed by atoms with E-state index in [0.29, 0.717) is 25.4 Å². The van der Waals surface area contributed by atoms with Crippen LogP contribution in [0.2, 0.25) is 0 Å². The Morgan fingerprint density at radius 2 is 1.87 bits per heavy atom. The quantitative estimate of drug-likeness (QED) is 0.725. The molecule has 0 saturated carbocycles. The van der Waals surface area contributed by atoms with Crippen molar-refractivity contribution in [3.8, 4) is 0 Å². The maximum Gasteiger partial charge on any atom is 0.0678 e. The zero-order valence-electron chi connectivity index (χ0n) is 9.61. The first-order chi connectivity index (χ1) is 7.13. The van der Waals surface area contributed by atoms with Gasteiger partial charge in [0, 0.05) is 19.6 Å². The predicted molar refractivity (Wildman–Crippen MR) is 56.8 cm³/mol. The summed E-state index contributed by atoms with van der Waals surface area (Å²) in [6, 6.07) is 0. The van der Waals surface area contributed by atoms with Gasteiger partial charge in [-0.2, -0.15) is 0 Å². The summed E-state index contributed by atoms with van der Waals surface area (Å²) < 4.78 is 10.9. The van der Waals surface area contributed by atoms with Crippen molar-refractivity contribution in [2.75, 3.05) is 39.5 Å². The van der Waals surface area contributed by atoms with Gasteiger partial charge in [0.25, 0.3) is 0 Å². The fraction of sp³-hybridized carbons (Fsp3) is 1.00. The van der Waals surface area contributed by atoms with Gasteiger partial charge >= 0.3 is 0 Å². The molecule has 2 atom stereocenters. The molecule has 0 bridgehead atoms. The van der Waals surface area contributed by atoms with Crippen LogP contribution < -0.4 is 0 Å². The van der Waals surface area contributed by atoms with E-state index in [-0.39, 0.29) is 12.0 Å². The minimum atomic E-state index is -0.00319. The third-order valence-electron chi connectivity index (χ3n) is 3.21. The van der Waals surface area contributed by atoms with Gasteiger partial charge in [-0.05, 0) is 13.8 Å². The van der Waals surface area contributed by atoms with Crippen LogP contribution in [0.25, 0.3) is 0 Å². The van der Waals surface area contributed by atoms with Gasteiger partial charge in [0.05, 0.1) is 37.4 Å². The van der Waals surface area contributed by atoms with Gasteiger partial charge in [-0.15, -0.1) is 0 Å². The molecule has 0 aromatic heterocycles. The fourth-order valence-corrected chi connectivity index (χ4v) is 2.51. The minimum Gasteiger partial charge on any atom is -0.396 e. The number of hydrogen-bond acceptors (Lipinski definition) is 4. The highest BCUT2D eigenvalue weighted by molar-refractivity contribution is 4.89. The van der Waals surface area contributed by atoms with E-state index in [4.69, 9.17) is 9.47 Å². The van der Waals surface area contributed by atoms with Crippen molar-refractivity contribution in [3.05, 3.63) is 0 Å². The van der Waals surface area contributed by atoms with Gasteiger partial charge in [-0.3, -0.25) is 4.90 Å². The molecule has 2 heterocycles. The molecule has 2 rings (SSSR count). The minimum absolute atomic E-state index is 0.00319. The highest BCUT2D eigenvalue weighted by atomic mass is 16.5. The molecule has 0 aromatic rings. The summed E-state index contributed by atoms with van der Waals surface area (Å²) in [4.78, 5) is 2.39. The number of aliphatic hydroxyl groups excluding tert-OH is 1. The Balaban J connectivity index is 1.87. The van der Waals surface area contributed by atoms with Crippen molar-refractivity contribution >= 4 is 0 Å². The van der Waals surface area contributed by atoms with Gasteiger partial charge < -0.3 is 14.6 Å². The summed E-state index contributed by atoms with van der Waals surface area (Å²) in [5.74, 6) is 0. The average Bonchev–Trinajstić information content (AvgIpc) is 2.10. The van der Waals surface area contributed by atoms with Crippen LogP contribution in [0.4, 0.5) is 0 Å². The molecule has 0 spiro atoms. The summed E-state index contributed by atoms with van der Waals surface area (Å²) in [6.45, 7) is 8.69. The van der Waals surface area contributed by atoms with Crippen molar-refractivity contribution < 1.29 is 14.6 Å². The number of rotatable bonds is 3. The highest BCUT2D eigenvalue weighted by Gasteiger charge is 2.40. The Labute approximate surface area is 91.2 Å². The lowest BCUT2D eigenvalue weighted by Crippen LogP contribution is -2.57. The first-order valence-corrected chi connectivity index (χ1v) is 5.70. The molecular formula is C11H21NO3. The first-order valence-electron chi connectivity index (χ1n) is 5.70. The predicted octanol–water partition coefficient (Wildman–Crippen LogP) is 0.104. The van der Waals surface area contributed by atoms with Crippen LogP contribution in [0.15, 0.2) is 0 Å². The molecule has 1 N–H and O–H groups in total. The molecule has 0 radical (unpaired) electrons.